The van der Waals surface area contributed by atoms with Crippen molar-refractivity contribution in [1.29, 1.82) is 0 Å². The fourth-order valence-corrected chi connectivity index (χ4v) is 6.69. The van der Waals surface area contributed by atoms with E-state index in [1.54, 1.807) is 7.11 Å². The minimum atomic E-state index is -0.966. The molecule has 23 heavy (non-hydrogen) atoms. The van der Waals surface area contributed by atoms with Crippen LogP contribution in [0.25, 0.3) is 10.3 Å². The Kier molecular flexibility index (Phi) is 4.77. The van der Waals surface area contributed by atoms with Crippen molar-refractivity contribution < 1.29 is 9.53 Å². The van der Waals surface area contributed by atoms with E-state index in [2.05, 4.69) is 28.4 Å². The van der Waals surface area contributed by atoms with Gasteiger partial charge in [0, 0.05) is 14.1 Å². The second kappa shape index (κ2) is 6.65. The van der Waals surface area contributed by atoms with Gasteiger partial charge in [-0.2, -0.15) is 4.98 Å². The van der Waals surface area contributed by atoms with E-state index in [1.807, 2.05) is 6.07 Å². The maximum Gasteiger partial charge on any atom is 0.275 e. The molecule has 3 heterocycles. The van der Waals surface area contributed by atoms with Gasteiger partial charge < -0.3 is 15.0 Å². The predicted molar refractivity (Wildman–Crippen MR) is 97.3 cm³/mol. The highest BCUT2D eigenvalue weighted by atomic mass is 32.1. The largest absolute Gasteiger partial charge is 0.473 e. The molecule has 126 valence electrons. The maximum absolute atomic E-state index is 12.5. The lowest BCUT2D eigenvalue weighted by atomic mass is 10.1. The SMILES string of the molecule is COc1nc2[nH]c(C(=O)NC3CCC[Si](C)(C)CCC3)cc2s1. The highest BCUT2D eigenvalue weighted by Gasteiger charge is 2.25. The first kappa shape index (κ1) is 16.5. The molecule has 7 heteroatoms. The Morgan fingerprint density at radius 2 is 2.09 bits per heavy atom. The Balaban J connectivity index is 1.62. The Labute approximate surface area is 141 Å². The average Bonchev–Trinajstić information content (AvgIpc) is 3.02. The molecule has 1 aliphatic rings. The monoisotopic (exact) mass is 351 g/mol. The third-order valence-electron chi connectivity index (χ3n) is 4.73. The highest BCUT2D eigenvalue weighted by Crippen LogP contribution is 2.29. The average molecular weight is 352 g/mol. The lowest BCUT2D eigenvalue weighted by molar-refractivity contribution is 0.0928. The first-order chi connectivity index (χ1) is 11.0. The van der Waals surface area contributed by atoms with Crippen molar-refractivity contribution in [3.63, 3.8) is 0 Å². The van der Waals surface area contributed by atoms with Crippen LogP contribution in [0.4, 0.5) is 0 Å². The molecule has 0 aromatic carbocycles. The molecule has 2 aromatic rings. The number of aromatic amines is 1. The standard InChI is InChI=1S/C16H25N3O2SSi/c1-21-16-19-14-13(22-16)10-12(18-14)15(20)17-11-6-4-8-23(2,3)9-5-7-11/h10-11,18H,4-9H2,1-3H3,(H,17,20). The second-order valence-electron chi connectivity index (χ2n) is 7.20. The summed E-state index contributed by atoms with van der Waals surface area (Å²) in [7, 11) is 0.635. The fraction of sp³-hybridized carbons (Fsp3) is 0.625. The summed E-state index contributed by atoms with van der Waals surface area (Å²) in [5.41, 5.74) is 1.32. The number of fused-ring (bicyclic) bond motifs is 1. The van der Waals surface area contributed by atoms with Crippen LogP contribution in [0.2, 0.25) is 25.2 Å². The van der Waals surface area contributed by atoms with E-state index in [1.165, 1.54) is 36.3 Å². The molecular weight excluding hydrogens is 326 g/mol. The molecular formula is C16H25N3O2SSi. The van der Waals surface area contributed by atoms with Gasteiger partial charge in [-0.25, -0.2) is 0 Å². The third-order valence-corrected chi connectivity index (χ3v) is 9.11. The number of thiazole rings is 1. The molecule has 0 aliphatic carbocycles. The van der Waals surface area contributed by atoms with Crippen LogP contribution in [-0.4, -0.2) is 37.1 Å². The molecule has 0 atom stereocenters. The summed E-state index contributed by atoms with van der Waals surface area (Å²) in [6, 6.07) is 4.92. The van der Waals surface area contributed by atoms with Crippen molar-refractivity contribution in [3.8, 4) is 5.19 Å². The minimum absolute atomic E-state index is 0.0174. The van der Waals surface area contributed by atoms with Gasteiger partial charge in [-0.05, 0) is 18.9 Å². The maximum atomic E-state index is 12.5. The lowest BCUT2D eigenvalue weighted by Crippen LogP contribution is -2.37. The number of carbonyl (C=O) groups excluding carboxylic acids is 1. The smallest absolute Gasteiger partial charge is 0.275 e. The topological polar surface area (TPSA) is 67.0 Å². The molecule has 2 N–H and O–H groups in total. The lowest BCUT2D eigenvalue weighted by Gasteiger charge is -2.28. The van der Waals surface area contributed by atoms with Crippen molar-refractivity contribution in [2.24, 2.45) is 0 Å². The number of hydrogen-bond acceptors (Lipinski definition) is 4. The van der Waals surface area contributed by atoms with Crippen molar-refractivity contribution >= 4 is 35.7 Å². The van der Waals surface area contributed by atoms with E-state index in [9.17, 15) is 4.79 Å². The molecule has 2 aromatic heterocycles. The Hall–Kier alpha value is -1.34. The number of nitrogens with zero attached hydrogens (tertiary/aromatic N) is 1. The number of aromatic nitrogens is 2. The van der Waals surface area contributed by atoms with E-state index < -0.39 is 8.07 Å². The molecule has 1 amide bonds. The van der Waals surface area contributed by atoms with Gasteiger partial charge in [0.05, 0.1) is 11.8 Å². The van der Waals surface area contributed by atoms with Gasteiger partial charge in [-0.3, -0.25) is 4.79 Å². The van der Waals surface area contributed by atoms with Gasteiger partial charge in [-0.15, -0.1) is 0 Å². The summed E-state index contributed by atoms with van der Waals surface area (Å²) in [5.74, 6) is -0.0174. The van der Waals surface area contributed by atoms with Gasteiger partial charge in [-0.1, -0.05) is 49.4 Å². The van der Waals surface area contributed by atoms with Crippen LogP contribution in [0, 0.1) is 0 Å². The number of carbonyl (C=O) groups is 1. The van der Waals surface area contributed by atoms with Crippen LogP contribution in [0.5, 0.6) is 5.19 Å². The van der Waals surface area contributed by atoms with E-state index >= 15 is 0 Å². The molecule has 0 bridgehead atoms. The number of amides is 1. The Morgan fingerprint density at radius 1 is 1.39 bits per heavy atom. The van der Waals surface area contributed by atoms with Crippen LogP contribution in [0.1, 0.15) is 36.2 Å². The summed E-state index contributed by atoms with van der Waals surface area (Å²) < 4.78 is 6.07. The van der Waals surface area contributed by atoms with Crippen molar-refractivity contribution in [1.82, 2.24) is 15.3 Å². The molecule has 0 spiro atoms. The van der Waals surface area contributed by atoms with Crippen LogP contribution in [0.3, 0.4) is 0 Å². The number of rotatable bonds is 3. The van der Waals surface area contributed by atoms with E-state index in [4.69, 9.17) is 4.74 Å². The molecule has 5 nitrogen and oxygen atoms in total. The van der Waals surface area contributed by atoms with Gasteiger partial charge in [0.1, 0.15) is 5.69 Å². The molecule has 0 saturated carbocycles. The third kappa shape index (κ3) is 3.95. The summed E-state index contributed by atoms with van der Waals surface area (Å²) in [6.07, 6.45) is 4.68. The Morgan fingerprint density at radius 3 is 2.70 bits per heavy atom. The predicted octanol–water partition coefficient (Wildman–Crippen LogP) is 4.01. The van der Waals surface area contributed by atoms with Gasteiger partial charge in [0.25, 0.3) is 11.1 Å². The van der Waals surface area contributed by atoms with E-state index in [0.717, 1.165) is 23.2 Å². The number of ether oxygens (including phenoxy) is 1. The molecule has 3 rings (SSSR count). The van der Waals surface area contributed by atoms with Crippen LogP contribution in [0.15, 0.2) is 6.07 Å². The first-order valence-corrected chi connectivity index (χ1v) is 12.5. The van der Waals surface area contributed by atoms with Gasteiger partial charge >= 0.3 is 0 Å². The van der Waals surface area contributed by atoms with Gasteiger partial charge in [0.2, 0.25) is 0 Å². The molecule has 0 radical (unpaired) electrons. The highest BCUT2D eigenvalue weighted by molar-refractivity contribution is 7.20. The van der Waals surface area contributed by atoms with Crippen molar-refractivity contribution in [2.75, 3.05) is 7.11 Å². The first-order valence-electron chi connectivity index (χ1n) is 8.31. The molecule has 1 saturated heterocycles. The van der Waals surface area contributed by atoms with Crippen LogP contribution >= 0.6 is 11.3 Å². The number of nitrogens with one attached hydrogen (secondary N) is 2. The molecule has 0 unspecified atom stereocenters. The van der Waals surface area contributed by atoms with E-state index in [-0.39, 0.29) is 5.91 Å². The van der Waals surface area contributed by atoms with Crippen LogP contribution in [-0.2, 0) is 0 Å². The number of H-pyrrole nitrogens is 1. The summed E-state index contributed by atoms with van der Waals surface area (Å²) in [4.78, 5) is 19.9. The fourth-order valence-electron chi connectivity index (χ4n) is 3.33. The minimum Gasteiger partial charge on any atom is -0.473 e. The van der Waals surface area contributed by atoms with Crippen molar-refractivity contribution in [2.45, 2.75) is 56.9 Å². The van der Waals surface area contributed by atoms with Gasteiger partial charge in [0.15, 0.2) is 5.65 Å². The molecule has 1 fully saturated rings. The zero-order valence-corrected chi connectivity index (χ0v) is 15.9. The summed E-state index contributed by atoms with van der Waals surface area (Å²) in [6.45, 7) is 4.97. The zero-order valence-electron chi connectivity index (χ0n) is 14.1. The number of hydrogen-bond donors (Lipinski definition) is 2. The number of methoxy groups -OCH3 is 1. The van der Waals surface area contributed by atoms with E-state index in [0.29, 0.717) is 16.9 Å². The summed E-state index contributed by atoms with van der Waals surface area (Å²) in [5, 5.41) is 3.82. The van der Waals surface area contributed by atoms with Crippen molar-refractivity contribution in [3.05, 3.63) is 11.8 Å². The normalized spacial score (nSPS) is 19.3. The zero-order chi connectivity index (χ0) is 16.4. The van der Waals surface area contributed by atoms with Crippen LogP contribution < -0.4 is 10.1 Å². The quantitative estimate of drug-likeness (QED) is 0.821. The second-order valence-corrected chi connectivity index (χ2v) is 13.5. The molecule has 1 aliphatic heterocycles. The summed E-state index contributed by atoms with van der Waals surface area (Å²) >= 11 is 1.45. The Bertz CT molecular complexity index is 651.